The van der Waals surface area contributed by atoms with Crippen LogP contribution in [0, 0.1) is 18.6 Å². The zero-order valence-corrected chi connectivity index (χ0v) is 10.7. The zero-order chi connectivity index (χ0) is 12.6. The predicted octanol–water partition coefficient (Wildman–Crippen LogP) is 4.09. The molecule has 0 amide bonds. The van der Waals surface area contributed by atoms with Gasteiger partial charge in [-0.25, -0.2) is 8.78 Å². The molecule has 0 saturated carbocycles. The van der Waals surface area contributed by atoms with Gasteiger partial charge in [-0.05, 0) is 25.5 Å². The Balaban J connectivity index is 2.49. The molecule has 6 heteroatoms. The second-order valence-corrected chi connectivity index (χ2v) is 5.31. The van der Waals surface area contributed by atoms with Crippen molar-refractivity contribution in [1.82, 2.24) is 10.2 Å². The lowest BCUT2D eigenvalue weighted by Crippen LogP contribution is -1.90. The molecule has 90 valence electrons. The Morgan fingerprint density at radius 3 is 2.53 bits per heavy atom. The molecule has 0 aliphatic heterocycles. The lowest BCUT2D eigenvalue weighted by molar-refractivity contribution is 0.579. The van der Waals surface area contributed by atoms with E-state index >= 15 is 0 Å². The molecule has 1 atom stereocenters. The van der Waals surface area contributed by atoms with Gasteiger partial charge in [0.1, 0.15) is 16.6 Å². The molecule has 17 heavy (non-hydrogen) atoms. The first kappa shape index (κ1) is 12.4. The zero-order valence-electron chi connectivity index (χ0n) is 9.17. The van der Waals surface area contributed by atoms with Crippen LogP contribution in [-0.2, 0) is 0 Å². The molecule has 1 aromatic carbocycles. The number of aromatic nitrogens is 2. The quantitative estimate of drug-likeness (QED) is 0.771. The van der Waals surface area contributed by atoms with Crippen molar-refractivity contribution in [2.24, 2.45) is 0 Å². The Kier molecular flexibility index (Phi) is 3.40. The summed E-state index contributed by atoms with van der Waals surface area (Å²) < 4.78 is 26.7. The first-order valence-electron chi connectivity index (χ1n) is 4.92. The van der Waals surface area contributed by atoms with Crippen molar-refractivity contribution in [3.63, 3.8) is 0 Å². The summed E-state index contributed by atoms with van der Waals surface area (Å²) in [4.78, 5) is 0. The van der Waals surface area contributed by atoms with E-state index in [1.807, 2.05) is 0 Å². The fraction of sp³-hybridized carbons (Fsp3) is 0.273. The second-order valence-electron chi connectivity index (χ2n) is 3.64. The summed E-state index contributed by atoms with van der Waals surface area (Å²) in [7, 11) is 0. The molecule has 1 aromatic heterocycles. The van der Waals surface area contributed by atoms with Crippen LogP contribution in [0.25, 0.3) is 10.6 Å². The molecule has 0 aliphatic carbocycles. The molecular formula is C11H9ClF2N2S. The third-order valence-electron chi connectivity index (χ3n) is 2.26. The number of alkyl halides is 1. The van der Waals surface area contributed by atoms with Gasteiger partial charge < -0.3 is 0 Å². The van der Waals surface area contributed by atoms with Crippen molar-refractivity contribution in [1.29, 1.82) is 0 Å². The van der Waals surface area contributed by atoms with Gasteiger partial charge in [-0.15, -0.1) is 21.8 Å². The highest BCUT2D eigenvalue weighted by atomic mass is 35.5. The van der Waals surface area contributed by atoms with Crippen LogP contribution in [0.4, 0.5) is 8.78 Å². The van der Waals surface area contributed by atoms with Crippen molar-refractivity contribution in [2.45, 2.75) is 19.2 Å². The van der Waals surface area contributed by atoms with Crippen LogP contribution in [0.3, 0.4) is 0 Å². The van der Waals surface area contributed by atoms with Crippen LogP contribution in [0.1, 0.15) is 22.9 Å². The average Bonchev–Trinajstić information content (AvgIpc) is 2.72. The van der Waals surface area contributed by atoms with E-state index < -0.39 is 11.6 Å². The molecule has 2 aromatic rings. The average molecular weight is 275 g/mol. The Morgan fingerprint density at radius 2 is 1.94 bits per heavy atom. The lowest BCUT2D eigenvalue weighted by Gasteiger charge is -2.01. The topological polar surface area (TPSA) is 25.8 Å². The van der Waals surface area contributed by atoms with Crippen molar-refractivity contribution < 1.29 is 8.78 Å². The third-order valence-corrected chi connectivity index (χ3v) is 3.73. The van der Waals surface area contributed by atoms with Gasteiger partial charge in [0, 0.05) is 11.6 Å². The largest absolute Gasteiger partial charge is 0.207 e. The van der Waals surface area contributed by atoms with Crippen LogP contribution < -0.4 is 0 Å². The highest BCUT2D eigenvalue weighted by Gasteiger charge is 2.15. The van der Waals surface area contributed by atoms with Gasteiger partial charge >= 0.3 is 0 Å². The van der Waals surface area contributed by atoms with Crippen molar-refractivity contribution in [3.05, 3.63) is 34.3 Å². The smallest absolute Gasteiger partial charge is 0.150 e. The van der Waals surface area contributed by atoms with E-state index in [2.05, 4.69) is 10.2 Å². The summed E-state index contributed by atoms with van der Waals surface area (Å²) in [6, 6.07) is 2.28. The fourth-order valence-electron chi connectivity index (χ4n) is 1.33. The van der Waals surface area contributed by atoms with Gasteiger partial charge in [0.05, 0.1) is 5.38 Å². The predicted molar refractivity (Wildman–Crippen MR) is 64.3 cm³/mol. The summed E-state index contributed by atoms with van der Waals surface area (Å²) in [6.07, 6.45) is 0. The minimum absolute atomic E-state index is 0.255. The van der Waals surface area contributed by atoms with E-state index in [1.165, 1.54) is 17.4 Å². The first-order chi connectivity index (χ1) is 7.99. The highest BCUT2D eigenvalue weighted by Crippen LogP contribution is 2.31. The summed E-state index contributed by atoms with van der Waals surface area (Å²) in [5.74, 6) is -1.21. The fourth-order valence-corrected chi connectivity index (χ4v) is 2.29. The summed E-state index contributed by atoms with van der Waals surface area (Å²) >= 11 is 7.06. The Hall–Kier alpha value is -1.07. The SMILES string of the molecule is Cc1cc(-c2nnc(C(C)Cl)s2)c(F)cc1F. The molecular weight excluding hydrogens is 266 g/mol. The van der Waals surface area contributed by atoms with Crippen molar-refractivity contribution in [2.75, 3.05) is 0 Å². The number of aryl methyl sites for hydroxylation is 1. The molecule has 1 heterocycles. The number of hydrogen-bond acceptors (Lipinski definition) is 3. The monoisotopic (exact) mass is 274 g/mol. The molecule has 0 saturated heterocycles. The first-order valence-corrected chi connectivity index (χ1v) is 6.18. The number of hydrogen-bond donors (Lipinski definition) is 0. The van der Waals surface area contributed by atoms with Crippen LogP contribution >= 0.6 is 22.9 Å². The summed E-state index contributed by atoms with van der Waals surface area (Å²) in [5, 5.41) is 8.47. The van der Waals surface area contributed by atoms with Crippen LogP contribution in [0.2, 0.25) is 0 Å². The summed E-state index contributed by atoms with van der Waals surface area (Å²) in [5.41, 5.74) is 0.627. The van der Waals surface area contributed by atoms with Crippen LogP contribution in [0.5, 0.6) is 0 Å². The maximum atomic E-state index is 13.6. The van der Waals surface area contributed by atoms with Gasteiger partial charge in [0.2, 0.25) is 0 Å². The van der Waals surface area contributed by atoms with E-state index in [1.54, 1.807) is 13.8 Å². The van der Waals surface area contributed by atoms with E-state index in [-0.39, 0.29) is 10.9 Å². The van der Waals surface area contributed by atoms with Gasteiger partial charge in [-0.2, -0.15) is 0 Å². The van der Waals surface area contributed by atoms with Gasteiger partial charge in [0.15, 0.2) is 5.01 Å². The molecule has 0 spiro atoms. The van der Waals surface area contributed by atoms with E-state index in [0.29, 0.717) is 15.6 Å². The Labute approximate surface area is 106 Å². The molecule has 0 bridgehead atoms. The number of halogens is 3. The minimum Gasteiger partial charge on any atom is -0.207 e. The molecule has 2 nitrogen and oxygen atoms in total. The molecule has 0 N–H and O–H groups in total. The Morgan fingerprint density at radius 1 is 1.24 bits per heavy atom. The minimum atomic E-state index is -0.641. The van der Waals surface area contributed by atoms with Gasteiger partial charge in [-0.3, -0.25) is 0 Å². The molecule has 1 unspecified atom stereocenters. The third kappa shape index (κ3) is 2.45. The van der Waals surface area contributed by atoms with E-state index in [9.17, 15) is 8.78 Å². The lowest BCUT2D eigenvalue weighted by atomic mass is 10.1. The molecule has 0 aliphatic rings. The number of nitrogens with zero attached hydrogens (tertiary/aromatic N) is 2. The Bertz CT molecular complexity index is 554. The highest BCUT2D eigenvalue weighted by molar-refractivity contribution is 7.15. The van der Waals surface area contributed by atoms with Crippen molar-refractivity contribution >= 4 is 22.9 Å². The summed E-state index contributed by atoms with van der Waals surface area (Å²) in [6.45, 7) is 3.34. The van der Waals surface area contributed by atoms with Gasteiger partial charge in [-0.1, -0.05) is 11.3 Å². The van der Waals surface area contributed by atoms with Crippen molar-refractivity contribution in [3.8, 4) is 10.6 Å². The second kappa shape index (κ2) is 4.66. The normalized spacial score (nSPS) is 12.8. The number of benzene rings is 1. The van der Waals surface area contributed by atoms with Crippen LogP contribution in [0.15, 0.2) is 12.1 Å². The molecule has 0 radical (unpaired) electrons. The maximum absolute atomic E-state index is 13.6. The standard InChI is InChI=1S/C11H9ClF2N2S/c1-5-3-7(9(14)4-8(5)13)11-16-15-10(17-11)6(2)12/h3-4,6H,1-2H3. The van der Waals surface area contributed by atoms with E-state index in [4.69, 9.17) is 11.6 Å². The van der Waals surface area contributed by atoms with Gasteiger partial charge in [0.25, 0.3) is 0 Å². The molecule has 2 rings (SSSR count). The van der Waals surface area contributed by atoms with E-state index in [0.717, 1.165) is 6.07 Å². The maximum Gasteiger partial charge on any atom is 0.150 e. The van der Waals surface area contributed by atoms with Crippen LogP contribution in [-0.4, -0.2) is 10.2 Å². The number of rotatable bonds is 2. The molecule has 0 fully saturated rings.